The van der Waals surface area contributed by atoms with Crippen LogP contribution < -0.4 is 5.73 Å². The maximum absolute atomic E-state index is 12.0. The van der Waals surface area contributed by atoms with E-state index >= 15 is 0 Å². The topological polar surface area (TPSA) is 55.6 Å². The minimum atomic E-state index is -0.368. The van der Waals surface area contributed by atoms with Crippen molar-refractivity contribution >= 4 is 23.3 Å². The van der Waals surface area contributed by atoms with Gasteiger partial charge in [0.15, 0.2) is 0 Å². The van der Waals surface area contributed by atoms with Crippen LogP contribution in [0.5, 0.6) is 0 Å². The molecule has 20 heavy (non-hydrogen) atoms. The van der Waals surface area contributed by atoms with Crippen LogP contribution in [-0.4, -0.2) is 37.1 Å². The second-order valence-electron chi connectivity index (χ2n) is 5.22. The monoisotopic (exact) mass is 296 g/mol. The summed E-state index contributed by atoms with van der Waals surface area (Å²) in [5.41, 5.74) is 6.53. The third-order valence-corrected chi connectivity index (χ3v) is 4.13. The van der Waals surface area contributed by atoms with Crippen LogP contribution in [-0.2, 0) is 4.74 Å². The Labute approximate surface area is 124 Å². The van der Waals surface area contributed by atoms with Crippen LogP contribution in [0.3, 0.4) is 0 Å². The number of carbonyl (C=O) groups excluding carboxylic acids is 1. The molecule has 1 aliphatic heterocycles. The first kappa shape index (κ1) is 15.1. The van der Waals surface area contributed by atoms with Crippen LogP contribution >= 0.6 is 11.6 Å². The largest absolute Gasteiger partial charge is 0.462 e. The highest BCUT2D eigenvalue weighted by Gasteiger charge is 2.20. The van der Waals surface area contributed by atoms with Crippen molar-refractivity contribution in [2.75, 3.05) is 32.0 Å². The number of halogens is 1. The number of ether oxygens (including phenoxy) is 1. The van der Waals surface area contributed by atoms with Crippen molar-refractivity contribution in [3.05, 3.63) is 28.8 Å². The standard InChI is InChI=1S/C15H21ClN2O2/c1-2-18-7-5-11(6-8-18)10-20-15(19)13-4-3-12(17)9-14(13)16/h3-4,9,11H,2,5-8,10,17H2,1H3. The van der Waals surface area contributed by atoms with Crippen molar-refractivity contribution in [3.8, 4) is 0 Å². The first-order valence-electron chi connectivity index (χ1n) is 7.04. The Balaban J connectivity index is 1.83. The molecule has 0 spiro atoms. The fraction of sp³-hybridized carbons (Fsp3) is 0.533. The van der Waals surface area contributed by atoms with E-state index in [9.17, 15) is 4.79 Å². The molecule has 2 N–H and O–H groups in total. The number of hydrogen-bond donors (Lipinski definition) is 1. The van der Waals surface area contributed by atoms with E-state index in [1.54, 1.807) is 18.2 Å². The number of piperidine rings is 1. The number of carbonyl (C=O) groups is 1. The number of nitrogens with two attached hydrogens (primary N) is 1. The molecule has 1 heterocycles. The van der Waals surface area contributed by atoms with Crippen LogP contribution in [0.1, 0.15) is 30.1 Å². The van der Waals surface area contributed by atoms with Crippen molar-refractivity contribution in [2.24, 2.45) is 5.92 Å². The van der Waals surface area contributed by atoms with Gasteiger partial charge in [0.2, 0.25) is 0 Å². The summed E-state index contributed by atoms with van der Waals surface area (Å²) in [6, 6.07) is 4.83. The van der Waals surface area contributed by atoms with Gasteiger partial charge in [-0.1, -0.05) is 18.5 Å². The highest BCUT2D eigenvalue weighted by Crippen LogP contribution is 2.22. The van der Waals surface area contributed by atoms with Crippen LogP contribution in [0.25, 0.3) is 0 Å². The second-order valence-corrected chi connectivity index (χ2v) is 5.62. The fourth-order valence-electron chi connectivity index (χ4n) is 2.44. The maximum Gasteiger partial charge on any atom is 0.339 e. The molecule has 2 rings (SSSR count). The summed E-state index contributed by atoms with van der Waals surface area (Å²) in [6.45, 7) is 5.90. The second kappa shape index (κ2) is 6.95. The first-order chi connectivity index (χ1) is 9.60. The lowest BCUT2D eigenvalue weighted by Gasteiger charge is -2.30. The number of hydrogen-bond acceptors (Lipinski definition) is 4. The molecule has 0 amide bonds. The average molecular weight is 297 g/mol. The van der Waals surface area contributed by atoms with Gasteiger partial charge in [-0.2, -0.15) is 0 Å². The number of esters is 1. The van der Waals surface area contributed by atoms with Crippen molar-refractivity contribution in [1.82, 2.24) is 4.90 Å². The minimum Gasteiger partial charge on any atom is -0.462 e. The Hall–Kier alpha value is -1.26. The van der Waals surface area contributed by atoms with Crippen LogP contribution in [0.4, 0.5) is 5.69 Å². The van der Waals surface area contributed by atoms with Crippen molar-refractivity contribution < 1.29 is 9.53 Å². The van der Waals surface area contributed by atoms with Gasteiger partial charge in [0, 0.05) is 5.69 Å². The number of likely N-dealkylation sites (tertiary alicyclic amines) is 1. The predicted molar refractivity (Wildman–Crippen MR) is 81.0 cm³/mol. The Morgan fingerprint density at radius 2 is 2.15 bits per heavy atom. The zero-order chi connectivity index (χ0) is 14.5. The smallest absolute Gasteiger partial charge is 0.339 e. The van der Waals surface area contributed by atoms with E-state index in [1.807, 2.05) is 0 Å². The highest BCUT2D eigenvalue weighted by molar-refractivity contribution is 6.33. The molecule has 1 fully saturated rings. The van der Waals surface area contributed by atoms with E-state index in [0.29, 0.717) is 28.8 Å². The first-order valence-corrected chi connectivity index (χ1v) is 7.42. The highest BCUT2D eigenvalue weighted by atomic mass is 35.5. The quantitative estimate of drug-likeness (QED) is 0.686. The maximum atomic E-state index is 12.0. The van der Waals surface area contributed by atoms with Gasteiger partial charge in [-0.05, 0) is 56.6 Å². The zero-order valence-electron chi connectivity index (χ0n) is 11.8. The summed E-state index contributed by atoms with van der Waals surface area (Å²) in [5, 5.41) is 0.343. The Bertz CT molecular complexity index is 471. The summed E-state index contributed by atoms with van der Waals surface area (Å²) in [7, 11) is 0. The third-order valence-electron chi connectivity index (χ3n) is 3.82. The van der Waals surface area contributed by atoms with Crippen LogP contribution in [0, 0.1) is 5.92 Å². The molecule has 0 atom stereocenters. The van der Waals surface area contributed by atoms with Gasteiger partial charge in [-0.3, -0.25) is 0 Å². The molecule has 1 aromatic carbocycles. The van der Waals surface area contributed by atoms with Gasteiger partial charge in [0.25, 0.3) is 0 Å². The van der Waals surface area contributed by atoms with E-state index in [4.69, 9.17) is 22.1 Å². The lowest BCUT2D eigenvalue weighted by atomic mass is 9.98. The van der Waals surface area contributed by atoms with Gasteiger partial charge < -0.3 is 15.4 Å². The molecule has 0 saturated carbocycles. The van der Waals surface area contributed by atoms with Gasteiger partial charge >= 0.3 is 5.97 Å². The zero-order valence-corrected chi connectivity index (χ0v) is 12.5. The molecule has 1 saturated heterocycles. The molecular formula is C15H21ClN2O2. The van der Waals surface area contributed by atoms with Crippen molar-refractivity contribution in [3.63, 3.8) is 0 Å². The van der Waals surface area contributed by atoms with E-state index < -0.39 is 0 Å². The van der Waals surface area contributed by atoms with Gasteiger partial charge in [-0.15, -0.1) is 0 Å². The molecule has 5 heteroatoms. The Morgan fingerprint density at radius 3 is 2.75 bits per heavy atom. The summed E-state index contributed by atoms with van der Waals surface area (Å²) in [6.07, 6.45) is 2.16. The van der Waals surface area contributed by atoms with Gasteiger partial charge in [0.05, 0.1) is 17.2 Å². The SMILES string of the molecule is CCN1CCC(COC(=O)c2ccc(N)cc2Cl)CC1. The molecule has 1 aliphatic rings. The number of anilines is 1. The third kappa shape index (κ3) is 3.87. The van der Waals surface area contributed by atoms with E-state index in [2.05, 4.69) is 11.8 Å². The van der Waals surface area contributed by atoms with Crippen LogP contribution in [0.2, 0.25) is 5.02 Å². The minimum absolute atomic E-state index is 0.343. The predicted octanol–water partition coefficient (Wildman–Crippen LogP) is 2.81. The van der Waals surface area contributed by atoms with Gasteiger partial charge in [-0.25, -0.2) is 4.79 Å². The molecular weight excluding hydrogens is 276 g/mol. The molecule has 0 unspecified atom stereocenters. The number of rotatable bonds is 4. The van der Waals surface area contributed by atoms with E-state index in [1.165, 1.54) is 0 Å². The molecule has 0 aliphatic carbocycles. The Morgan fingerprint density at radius 1 is 1.45 bits per heavy atom. The van der Waals surface area contributed by atoms with Crippen LogP contribution in [0.15, 0.2) is 18.2 Å². The Kier molecular flexibility index (Phi) is 5.26. The fourth-order valence-corrected chi connectivity index (χ4v) is 2.70. The van der Waals surface area contributed by atoms with Gasteiger partial charge in [0.1, 0.15) is 0 Å². The number of benzene rings is 1. The van der Waals surface area contributed by atoms with Crippen molar-refractivity contribution in [2.45, 2.75) is 19.8 Å². The number of nitrogens with zero attached hydrogens (tertiary/aromatic N) is 1. The molecule has 1 aromatic rings. The lowest BCUT2D eigenvalue weighted by molar-refractivity contribution is 0.0375. The average Bonchev–Trinajstić information content (AvgIpc) is 2.45. The number of nitrogen functional groups attached to an aromatic ring is 1. The molecule has 0 aromatic heterocycles. The molecule has 4 nitrogen and oxygen atoms in total. The van der Waals surface area contributed by atoms with E-state index in [0.717, 1.165) is 32.5 Å². The summed E-state index contributed by atoms with van der Waals surface area (Å²) >= 11 is 6.00. The summed E-state index contributed by atoms with van der Waals surface area (Å²) in [4.78, 5) is 14.4. The summed E-state index contributed by atoms with van der Waals surface area (Å²) in [5.74, 6) is 0.0854. The van der Waals surface area contributed by atoms with Crippen molar-refractivity contribution in [1.29, 1.82) is 0 Å². The molecule has 0 radical (unpaired) electrons. The molecule has 0 bridgehead atoms. The molecule has 110 valence electrons. The normalized spacial score (nSPS) is 17.1. The summed E-state index contributed by atoms with van der Waals surface area (Å²) < 4.78 is 5.37. The van der Waals surface area contributed by atoms with E-state index in [-0.39, 0.29) is 5.97 Å². The lowest BCUT2D eigenvalue weighted by Crippen LogP contribution is -2.35.